The van der Waals surface area contributed by atoms with Crippen molar-refractivity contribution in [3.63, 3.8) is 0 Å². The second-order valence-electron chi connectivity index (χ2n) is 5.46. The standard InChI is InChI=1S/C16H23F/c1-2-13-6-8-14(9-7-13)10-11-15-4-3-5-16(17)12-15/h3-5,12-14H,2,6-11H2,1H3. The van der Waals surface area contributed by atoms with Gasteiger partial charge in [-0.05, 0) is 42.4 Å². The Balaban J connectivity index is 1.76. The first-order chi connectivity index (χ1) is 8.28. The molecule has 1 fully saturated rings. The average molecular weight is 234 g/mol. The van der Waals surface area contributed by atoms with E-state index in [-0.39, 0.29) is 5.82 Å². The third kappa shape index (κ3) is 3.83. The third-order valence-electron chi connectivity index (χ3n) is 4.27. The van der Waals surface area contributed by atoms with Gasteiger partial charge in [-0.15, -0.1) is 0 Å². The monoisotopic (exact) mass is 234 g/mol. The molecule has 1 aromatic rings. The number of benzene rings is 1. The molecule has 0 saturated heterocycles. The summed E-state index contributed by atoms with van der Waals surface area (Å²) in [6.45, 7) is 2.30. The predicted molar refractivity (Wildman–Crippen MR) is 70.5 cm³/mol. The van der Waals surface area contributed by atoms with Crippen LogP contribution >= 0.6 is 0 Å². The van der Waals surface area contributed by atoms with E-state index in [0.29, 0.717) is 0 Å². The van der Waals surface area contributed by atoms with Crippen LogP contribution < -0.4 is 0 Å². The Hall–Kier alpha value is -0.850. The van der Waals surface area contributed by atoms with Gasteiger partial charge in [0.15, 0.2) is 0 Å². The summed E-state index contributed by atoms with van der Waals surface area (Å²) < 4.78 is 13.0. The van der Waals surface area contributed by atoms with E-state index in [1.165, 1.54) is 44.6 Å². The summed E-state index contributed by atoms with van der Waals surface area (Å²) in [5.41, 5.74) is 1.16. The van der Waals surface area contributed by atoms with Crippen molar-refractivity contribution >= 4 is 0 Å². The van der Waals surface area contributed by atoms with E-state index in [9.17, 15) is 4.39 Å². The lowest BCUT2D eigenvalue weighted by molar-refractivity contribution is 0.259. The summed E-state index contributed by atoms with van der Waals surface area (Å²) in [4.78, 5) is 0. The van der Waals surface area contributed by atoms with Crippen LogP contribution in [0.4, 0.5) is 4.39 Å². The highest BCUT2D eigenvalue weighted by molar-refractivity contribution is 5.16. The van der Waals surface area contributed by atoms with Crippen LogP contribution in [0, 0.1) is 17.7 Å². The highest BCUT2D eigenvalue weighted by Crippen LogP contribution is 2.33. The van der Waals surface area contributed by atoms with Gasteiger partial charge in [0.05, 0.1) is 0 Å². The SMILES string of the molecule is CCC1CCC(CCc2cccc(F)c2)CC1. The maximum absolute atomic E-state index is 13.0. The molecule has 0 radical (unpaired) electrons. The largest absolute Gasteiger partial charge is 0.207 e. The number of rotatable bonds is 4. The highest BCUT2D eigenvalue weighted by atomic mass is 19.1. The van der Waals surface area contributed by atoms with Crippen LogP contribution in [0.3, 0.4) is 0 Å². The lowest BCUT2D eigenvalue weighted by atomic mass is 9.78. The molecule has 94 valence electrons. The molecule has 0 unspecified atom stereocenters. The maximum atomic E-state index is 13.0. The smallest absolute Gasteiger partial charge is 0.123 e. The number of halogens is 1. The number of aryl methyl sites for hydroxylation is 1. The molecule has 0 spiro atoms. The fourth-order valence-electron chi connectivity index (χ4n) is 2.99. The second kappa shape index (κ2) is 6.18. The molecule has 0 aliphatic heterocycles. The summed E-state index contributed by atoms with van der Waals surface area (Å²) >= 11 is 0. The zero-order chi connectivity index (χ0) is 12.1. The summed E-state index contributed by atoms with van der Waals surface area (Å²) in [5, 5.41) is 0. The molecule has 1 aliphatic rings. The van der Waals surface area contributed by atoms with Crippen molar-refractivity contribution in [3.05, 3.63) is 35.6 Å². The Kier molecular flexibility index (Phi) is 4.58. The highest BCUT2D eigenvalue weighted by Gasteiger charge is 2.19. The van der Waals surface area contributed by atoms with Crippen LogP contribution in [-0.4, -0.2) is 0 Å². The Morgan fingerprint density at radius 3 is 2.47 bits per heavy atom. The molecule has 0 amide bonds. The molecule has 1 heteroatoms. The molecular formula is C16H23F. The molecule has 0 heterocycles. The summed E-state index contributed by atoms with van der Waals surface area (Å²) in [5.74, 6) is 1.75. The van der Waals surface area contributed by atoms with Gasteiger partial charge in [0.2, 0.25) is 0 Å². The van der Waals surface area contributed by atoms with E-state index in [0.717, 1.165) is 23.8 Å². The maximum Gasteiger partial charge on any atom is 0.123 e. The van der Waals surface area contributed by atoms with Gasteiger partial charge >= 0.3 is 0 Å². The van der Waals surface area contributed by atoms with Crippen molar-refractivity contribution < 1.29 is 4.39 Å². The van der Waals surface area contributed by atoms with Gasteiger partial charge in [-0.2, -0.15) is 0 Å². The first-order valence-corrected chi connectivity index (χ1v) is 7.02. The van der Waals surface area contributed by atoms with E-state index in [1.807, 2.05) is 12.1 Å². The van der Waals surface area contributed by atoms with Gasteiger partial charge in [-0.25, -0.2) is 4.39 Å². The van der Waals surface area contributed by atoms with E-state index < -0.39 is 0 Å². The fraction of sp³-hybridized carbons (Fsp3) is 0.625. The zero-order valence-electron chi connectivity index (χ0n) is 10.8. The van der Waals surface area contributed by atoms with E-state index in [4.69, 9.17) is 0 Å². The lowest BCUT2D eigenvalue weighted by Crippen LogP contribution is -2.14. The minimum Gasteiger partial charge on any atom is -0.207 e. The minimum absolute atomic E-state index is 0.0998. The lowest BCUT2D eigenvalue weighted by Gasteiger charge is -2.27. The van der Waals surface area contributed by atoms with Crippen molar-refractivity contribution in [2.45, 2.75) is 51.9 Å². The first kappa shape index (κ1) is 12.6. The molecule has 0 atom stereocenters. The molecule has 1 aliphatic carbocycles. The quantitative estimate of drug-likeness (QED) is 0.689. The van der Waals surface area contributed by atoms with Gasteiger partial charge in [-0.1, -0.05) is 51.2 Å². The normalized spacial score (nSPS) is 24.8. The van der Waals surface area contributed by atoms with Crippen molar-refractivity contribution in [1.82, 2.24) is 0 Å². The molecule has 0 N–H and O–H groups in total. The second-order valence-corrected chi connectivity index (χ2v) is 5.46. The minimum atomic E-state index is -0.0998. The van der Waals surface area contributed by atoms with Gasteiger partial charge in [-0.3, -0.25) is 0 Å². The Morgan fingerprint density at radius 1 is 1.12 bits per heavy atom. The van der Waals surface area contributed by atoms with E-state index in [2.05, 4.69) is 6.92 Å². The van der Waals surface area contributed by atoms with Crippen molar-refractivity contribution in [3.8, 4) is 0 Å². The molecule has 1 aromatic carbocycles. The van der Waals surface area contributed by atoms with Crippen LogP contribution in [0.1, 0.15) is 51.0 Å². The van der Waals surface area contributed by atoms with Crippen molar-refractivity contribution in [1.29, 1.82) is 0 Å². The van der Waals surface area contributed by atoms with Gasteiger partial charge in [0, 0.05) is 0 Å². The first-order valence-electron chi connectivity index (χ1n) is 7.02. The zero-order valence-corrected chi connectivity index (χ0v) is 10.8. The van der Waals surface area contributed by atoms with Crippen LogP contribution in [-0.2, 0) is 6.42 Å². The van der Waals surface area contributed by atoms with E-state index in [1.54, 1.807) is 6.07 Å². The van der Waals surface area contributed by atoms with Crippen LogP contribution in [0.5, 0.6) is 0 Å². The van der Waals surface area contributed by atoms with Crippen molar-refractivity contribution in [2.75, 3.05) is 0 Å². The Morgan fingerprint density at radius 2 is 1.82 bits per heavy atom. The molecular weight excluding hydrogens is 211 g/mol. The van der Waals surface area contributed by atoms with Gasteiger partial charge < -0.3 is 0 Å². The van der Waals surface area contributed by atoms with Gasteiger partial charge in [0.25, 0.3) is 0 Å². The Bertz CT molecular complexity index is 337. The predicted octanol–water partition coefficient (Wildman–Crippen LogP) is 4.97. The molecule has 0 aromatic heterocycles. The van der Waals surface area contributed by atoms with Gasteiger partial charge in [0.1, 0.15) is 5.82 Å². The molecule has 0 nitrogen and oxygen atoms in total. The third-order valence-corrected chi connectivity index (χ3v) is 4.27. The summed E-state index contributed by atoms with van der Waals surface area (Å²) in [6, 6.07) is 7.06. The fourth-order valence-corrected chi connectivity index (χ4v) is 2.99. The average Bonchev–Trinajstić information content (AvgIpc) is 2.37. The molecule has 0 bridgehead atoms. The Labute approximate surface area is 104 Å². The summed E-state index contributed by atoms with van der Waals surface area (Å²) in [7, 11) is 0. The van der Waals surface area contributed by atoms with Crippen LogP contribution in [0.25, 0.3) is 0 Å². The molecule has 17 heavy (non-hydrogen) atoms. The van der Waals surface area contributed by atoms with Crippen molar-refractivity contribution in [2.24, 2.45) is 11.8 Å². The topological polar surface area (TPSA) is 0 Å². The molecule has 1 saturated carbocycles. The van der Waals surface area contributed by atoms with Crippen LogP contribution in [0.2, 0.25) is 0 Å². The van der Waals surface area contributed by atoms with Crippen LogP contribution in [0.15, 0.2) is 24.3 Å². The molecule has 2 rings (SSSR count). The number of hydrogen-bond acceptors (Lipinski definition) is 0. The van der Waals surface area contributed by atoms with E-state index >= 15 is 0 Å². The number of hydrogen-bond donors (Lipinski definition) is 0. The summed E-state index contributed by atoms with van der Waals surface area (Å²) in [6.07, 6.45) is 9.20.